The molecule has 2 unspecified atom stereocenters. The molecule has 1 aromatic carbocycles. The van der Waals surface area contributed by atoms with Crippen molar-refractivity contribution < 1.29 is 4.79 Å². The molecular formula is C15H13BrClNOS. The van der Waals surface area contributed by atoms with Crippen LogP contribution in [0.15, 0.2) is 40.2 Å². The second-order valence-electron chi connectivity index (χ2n) is 4.93. The van der Waals surface area contributed by atoms with Crippen LogP contribution in [0.2, 0.25) is 5.02 Å². The summed E-state index contributed by atoms with van der Waals surface area (Å²) >= 11 is 11.1. The van der Waals surface area contributed by atoms with Gasteiger partial charge in [-0.25, -0.2) is 0 Å². The van der Waals surface area contributed by atoms with Gasteiger partial charge in [0, 0.05) is 15.8 Å². The van der Waals surface area contributed by atoms with Crippen LogP contribution >= 0.6 is 38.9 Å². The van der Waals surface area contributed by atoms with Crippen molar-refractivity contribution in [2.24, 2.45) is 5.92 Å². The monoisotopic (exact) mass is 369 g/mol. The molecule has 0 radical (unpaired) electrons. The lowest BCUT2D eigenvalue weighted by Crippen LogP contribution is -2.24. The molecule has 2 atom stereocenters. The maximum absolute atomic E-state index is 12.1. The van der Waals surface area contributed by atoms with Crippen LogP contribution < -0.4 is 5.32 Å². The highest BCUT2D eigenvalue weighted by Crippen LogP contribution is 2.47. The zero-order valence-electron chi connectivity index (χ0n) is 10.6. The van der Waals surface area contributed by atoms with Gasteiger partial charge in [-0.1, -0.05) is 23.7 Å². The highest BCUT2D eigenvalue weighted by atomic mass is 79.9. The fourth-order valence-electron chi connectivity index (χ4n) is 2.34. The van der Waals surface area contributed by atoms with E-state index in [4.69, 9.17) is 11.6 Å². The molecule has 0 bridgehead atoms. The first-order valence-corrected chi connectivity index (χ1v) is 8.39. The number of benzene rings is 1. The third-order valence-electron chi connectivity index (χ3n) is 3.47. The first-order valence-electron chi connectivity index (χ1n) is 6.41. The average molecular weight is 371 g/mol. The molecule has 2 nitrogen and oxygen atoms in total. The lowest BCUT2D eigenvalue weighted by Gasteiger charge is -2.04. The predicted octanol–water partition coefficient (Wildman–Crippen LogP) is 4.58. The normalized spacial score (nSPS) is 20.7. The Bertz CT molecular complexity index is 642. The maximum Gasteiger partial charge on any atom is 0.224 e. The smallest absolute Gasteiger partial charge is 0.224 e. The third-order valence-corrected chi connectivity index (χ3v) is 5.33. The molecule has 1 aromatic heterocycles. The Balaban J connectivity index is 1.55. The molecular weight excluding hydrogens is 358 g/mol. The molecule has 5 heteroatoms. The summed E-state index contributed by atoms with van der Waals surface area (Å²) in [5, 5.41) is 3.74. The second-order valence-corrected chi connectivity index (χ2v) is 7.91. The second kappa shape index (κ2) is 5.88. The van der Waals surface area contributed by atoms with Crippen LogP contribution in [-0.4, -0.2) is 5.91 Å². The van der Waals surface area contributed by atoms with E-state index >= 15 is 0 Å². The van der Waals surface area contributed by atoms with E-state index in [-0.39, 0.29) is 11.8 Å². The van der Waals surface area contributed by atoms with Gasteiger partial charge in [0.1, 0.15) is 0 Å². The van der Waals surface area contributed by atoms with Gasteiger partial charge in [-0.3, -0.25) is 4.79 Å². The number of rotatable bonds is 4. The van der Waals surface area contributed by atoms with Crippen molar-refractivity contribution in [1.82, 2.24) is 5.32 Å². The van der Waals surface area contributed by atoms with Crippen LogP contribution in [0.25, 0.3) is 0 Å². The molecule has 20 heavy (non-hydrogen) atoms. The summed E-state index contributed by atoms with van der Waals surface area (Å²) in [6.45, 7) is 0.605. The van der Waals surface area contributed by atoms with Crippen molar-refractivity contribution in [3.8, 4) is 0 Å². The van der Waals surface area contributed by atoms with Gasteiger partial charge in [-0.05, 0) is 58.1 Å². The van der Waals surface area contributed by atoms with Gasteiger partial charge in [0.25, 0.3) is 0 Å². The zero-order chi connectivity index (χ0) is 14.1. The molecule has 1 amide bonds. The average Bonchev–Trinajstić information content (AvgIpc) is 3.13. The summed E-state index contributed by atoms with van der Waals surface area (Å²) in [5.41, 5.74) is 1.16. The van der Waals surface area contributed by atoms with Crippen molar-refractivity contribution in [3.05, 3.63) is 55.6 Å². The molecule has 1 saturated carbocycles. The number of halogens is 2. The third kappa shape index (κ3) is 3.25. The summed E-state index contributed by atoms with van der Waals surface area (Å²) in [6, 6.07) is 11.8. The number of nitrogens with one attached hydrogen (secondary N) is 1. The van der Waals surface area contributed by atoms with Crippen molar-refractivity contribution in [1.29, 1.82) is 0 Å². The Morgan fingerprint density at radius 3 is 2.95 bits per heavy atom. The summed E-state index contributed by atoms with van der Waals surface area (Å²) in [6.07, 6.45) is 0.917. The van der Waals surface area contributed by atoms with E-state index < -0.39 is 0 Å². The lowest BCUT2D eigenvalue weighted by molar-refractivity contribution is -0.122. The number of amides is 1. The summed E-state index contributed by atoms with van der Waals surface area (Å²) < 4.78 is 1.09. The minimum Gasteiger partial charge on any atom is -0.351 e. The molecule has 1 fully saturated rings. The van der Waals surface area contributed by atoms with Gasteiger partial charge in [-0.15, -0.1) is 11.3 Å². The SMILES string of the molecule is O=C(NCc1ccc(Br)s1)C1CC1c1cccc(Cl)c1. The van der Waals surface area contributed by atoms with E-state index in [9.17, 15) is 4.79 Å². The molecule has 3 rings (SSSR count). The minimum absolute atomic E-state index is 0.0943. The van der Waals surface area contributed by atoms with E-state index in [1.54, 1.807) is 11.3 Å². The number of thiophene rings is 1. The molecule has 104 valence electrons. The van der Waals surface area contributed by atoms with Crippen molar-refractivity contribution in [2.75, 3.05) is 0 Å². The van der Waals surface area contributed by atoms with Gasteiger partial charge in [-0.2, -0.15) is 0 Å². The fraction of sp³-hybridized carbons (Fsp3) is 0.267. The summed E-state index contributed by atoms with van der Waals surface area (Å²) in [5.74, 6) is 0.556. The van der Waals surface area contributed by atoms with E-state index in [1.807, 2.05) is 36.4 Å². The minimum atomic E-state index is 0.0943. The number of carbonyl (C=O) groups is 1. The Kier molecular flexibility index (Phi) is 4.15. The van der Waals surface area contributed by atoms with Crippen molar-refractivity contribution in [3.63, 3.8) is 0 Å². The van der Waals surface area contributed by atoms with Gasteiger partial charge in [0.05, 0.1) is 10.3 Å². The number of hydrogen-bond acceptors (Lipinski definition) is 2. The van der Waals surface area contributed by atoms with Crippen molar-refractivity contribution >= 4 is 44.8 Å². The van der Waals surface area contributed by atoms with E-state index in [0.29, 0.717) is 12.5 Å². The maximum atomic E-state index is 12.1. The Labute approximate surface area is 135 Å². The molecule has 0 saturated heterocycles. The van der Waals surface area contributed by atoms with Gasteiger partial charge in [0.15, 0.2) is 0 Å². The Morgan fingerprint density at radius 2 is 2.25 bits per heavy atom. The standard InChI is InChI=1S/C15H13BrClNOS/c16-14-5-4-11(20-14)8-18-15(19)13-7-12(13)9-2-1-3-10(17)6-9/h1-6,12-13H,7-8H2,(H,18,19). The highest BCUT2D eigenvalue weighted by Gasteiger charge is 2.43. The Morgan fingerprint density at radius 1 is 1.40 bits per heavy atom. The van der Waals surface area contributed by atoms with Crippen LogP contribution in [-0.2, 0) is 11.3 Å². The first kappa shape index (κ1) is 14.1. The Hall–Kier alpha value is -0.840. The topological polar surface area (TPSA) is 29.1 Å². The predicted molar refractivity (Wildman–Crippen MR) is 86.2 cm³/mol. The van der Waals surface area contributed by atoms with Crippen LogP contribution in [0, 0.1) is 5.92 Å². The van der Waals surface area contributed by atoms with Gasteiger partial charge in [0.2, 0.25) is 5.91 Å². The largest absolute Gasteiger partial charge is 0.351 e. The van der Waals surface area contributed by atoms with Gasteiger partial charge < -0.3 is 5.32 Å². The van der Waals surface area contributed by atoms with Crippen LogP contribution in [0.5, 0.6) is 0 Å². The molecule has 0 aliphatic heterocycles. The fourth-order valence-corrected chi connectivity index (χ4v) is 3.96. The highest BCUT2D eigenvalue weighted by molar-refractivity contribution is 9.11. The van der Waals surface area contributed by atoms with E-state index in [1.165, 1.54) is 0 Å². The molecule has 1 aliphatic carbocycles. The van der Waals surface area contributed by atoms with Crippen LogP contribution in [0.3, 0.4) is 0 Å². The first-order chi connectivity index (χ1) is 9.63. The zero-order valence-corrected chi connectivity index (χ0v) is 13.8. The van der Waals surface area contributed by atoms with Crippen molar-refractivity contribution in [2.45, 2.75) is 18.9 Å². The summed E-state index contributed by atoms with van der Waals surface area (Å²) in [7, 11) is 0. The lowest BCUT2D eigenvalue weighted by atomic mass is 10.1. The molecule has 2 aromatic rings. The van der Waals surface area contributed by atoms with E-state index in [2.05, 4.69) is 21.2 Å². The van der Waals surface area contributed by atoms with Gasteiger partial charge >= 0.3 is 0 Å². The molecule has 1 N–H and O–H groups in total. The van der Waals surface area contributed by atoms with Crippen LogP contribution in [0.1, 0.15) is 22.8 Å². The number of hydrogen-bond donors (Lipinski definition) is 1. The summed E-state index contributed by atoms with van der Waals surface area (Å²) in [4.78, 5) is 13.3. The van der Waals surface area contributed by atoms with E-state index in [0.717, 1.165) is 25.7 Å². The number of carbonyl (C=O) groups excluding carboxylic acids is 1. The van der Waals surface area contributed by atoms with Crippen LogP contribution in [0.4, 0.5) is 0 Å². The molecule has 1 heterocycles. The molecule has 0 spiro atoms. The quantitative estimate of drug-likeness (QED) is 0.838. The molecule has 1 aliphatic rings.